The number of amides is 2. The lowest BCUT2D eigenvalue weighted by Crippen LogP contribution is -2.56. The number of rotatable bonds is 10. The molecule has 1 saturated carbocycles. The molecule has 2 heterocycles. The summed E-state index contributed by atoms with van der Waals surface area (Å²) in [5.74, 6) is 1.02. The van der Waals surface area contributed by atoms with Crippen LogP contribution in [0.4, 0.5) is 4.79 Å². The summed E-state index contributed by atoms with van der Waals surface area (Å²) in [4.78, 5) is 16.2. The quantitative estimate of drug-likeness (QED) is 0.239. The molecule has 0 radical (unpaired) electrons. The highest BCUT2D eigenvalue weighted by Crippen LogP contribution is 2.53. The molecule has 42 heavy (non-hydrogen) atoms. The molecule has 1 aliphatic carbocycles. The van der Waals surface area contributed by atoms with E-state index < -0.39 is 11.6 Å². The van der Waals surface area contributed by atoms with Gasteiger partial charge in [0.25, 0.3) is 0 Å². The topological polar surface area (TPSA) is 64.6 Å². The van der Waals surface area contributed by atoms with E-state index in [1.807, 2.05) is 60.7 Å². The molecule has 3 atom stereocenters. The Labute approximate surface area is 251 Å². The third-order valence-corrected chi connectivity index (χ3v) is 10.2. The summed E-state index contributed by atoms with van der Waals surface area (Å²) >= 11 is 0. The SMILES string of the molecule is CC(C)C[C@@H](NC(=O)NC1CCC(CCN2[C@@H]3CC[C@H]2c2ccccc23)CC1)C(O)(c1ccccc1)c1ccccc1. The van der Waals surface area contributed by atoms with Crippen LogP contribution < -0.4 is 10.6 Å². The van der Waals surface area contributed by atoms with E-state index in [2.05, 4.69) is 53.6 Å². The van der Waals surface area contributed by atoms with E-state index in [1.165, 1.54) is 25.8 Å². The van der Waals surface area contributed by atoms with Crippen LogP contribution >= 0.6 is 0 Å². The summed E-state index contributed by atoms with van der Waals surface area (Å²) in [6, 6.07) is 29.3. The van der Waals surface area contributed by atoms with Crippen molar-refractivity contribution in [2.75, 3.05) is 6.54 Å². The molecule has 3 N–H and O–H groups in total. The third-order valence-electron chi connectivity index (χ3n) is 10.2. The van der Waals surface area contributed by atoms with Crippen LogP contribution in [0.15, 0.2) is 84.9 Å². The maximum absolute atomic E-state index is 13.4. The van der Waals surface area contributed by atoms with Gasteiger partial charge in [0, 0.05) is 18.1 Å². The Kier molecular flexibility index (Phi) is 8.69. The van der Waals surface area contributed by atoms with Crippen LogP contribution in [-0.4, -0.2) is 34.7 Å². The number of nitrogens with zero attached hydrogens (tertiary/aromatic N) is 1. The van der Waals surface area contributed by atoms with Crippen molar-refractivity contribution in [2.45, 2.75) is 95.0 Å². The molecule has 6 rings (SSSR count). The number of nitrogens with one attached hydrogen (secondary N) is 2. The highest BCUT2D eigenvalue weighted by atomic mass is 16.3. The van der Waals surface area contributed by atoms with Crippen molar-refractivity contribution in [1.82, 2.24) is 15.5 Å². The summed E-state index contributed by atoms with van der Waals surface area (Å²) in [5, 5.41) is 18.9. The van der Waals surface area contributed by atoms with Crippen molar-refractivity contribution in [3.8, 4) is 0 Å². The average molecular weight is 566 g/mol. The minimum absolute atomic E-state index is 0.176. The van der Waals surface area contributed by atoms with Crippen LogP contribution in [0.2, 0.25) is 0 Å². The van der Waals surface area contributed by atoms with E-state index in [0.717, 1.165) is 42.7 Å². The number of carbonyl (C=O) groups excluding carboxylic acids is 1. The van der Waals surface area contributed by atoms with Gasteiger partial charge in [0.1, 0.15) is 5.60 Å². The van der Waals surface area contributed by atoms with E-state index in [4.69, 9.17) is 0 Å². The molecule has 2 bridgehead atoms. The summed E-state index contributed by atoms with van der Waals surface area (Å²) in [5.41, 5.74) is 3.37. The van der Waals surface area contributed by atoms with Crippen molar-refractivity contribution >= 4 is 6.03 Å². The molecule has 0 spiro atoms. The van der Waals surface area contributed by atoms with E-state index in [1.54, 1.807) is 11.1 Å². The first kappa shape index (κ1) is 28.9. The van der Waals surface area contributed by atoms with Crippen molar-refractivity contribution in [2.24, 2.45) is 11.8 Å². The fourth-order valence-electron chi connectivity index (χ4n) is 8.03. The first-order valence-electron chi connectivity index (χ1n) is 16.2. The smallest absolute Gasteiger partial charge is 0.315 e. The van der Waals surface area contributed by atoms with Gasteiger partial charge in [-0.1, -0.05) is 98.8 Å². The molecule has 2 aliphatic heterocycles. The monoisotopic (exact) mass is 565 g/mol. The number of aliphatic hydroxyl groups is 1. The number of fused-ring (bicyclic) bond motifs is 5. The molecule has 2 amide bonds. The second-order valence-corrected chi connectivity index (χ2v) is 13.3. The summed E-state index contributed by atoms with van der Waals surface area (Å²) in [7, 11) is 0. The molecule has 0 aromatic heterocycles. The van der Waals surface area contributed by atoms with Crippen LogP contribution in [0, 0.1) is 11.8 Å². The standard InChI is InChI=1S/C37H47N3O2/c1-26(2)25-35(37(42,28-11-5-3-6-12-28)29-13-7-4-8-14-29)39-36(41)38-30-19-17-27(18-20-30)23-24-40-33-21-22-34(40)32-16-10-9-15-31(32)33/h3-16,26-27,30,33-35,42H,17-25H2,1-2H3,(H2,38,39,41)/t27?,30?,33-,34+,35-/m1/s1. The second-order valence-electron chi connectivity index (χ2n) is 13.3. The Morgan fingerprint density at radius 2 is 1.33 bits per heavy atom. The Balaban J connectivity index is 1.05. The lowest BCUT2D eigenvalue weighted by molar-refractivity contribution is 0.0327. The van der Waals surface area contributed by atoms with E-state index >= 15 is 0 Å². The maximum Gasteiger partial charge on any atom is 0.315 e. The molecule has 5 heteroatoms. The van der Waals surface area contributed by atoms with Crippen molar-refractivity contribution in [3.05, 3.63) is 107 Å². The highest BCUT2D eigenvalue weighted by molar-refractivity contribution is 5.75. The first-order chi connectivity index (χ1) is 20.4. The molecular formula is C37H47N3O2. The molecule has 5 nitrogen and oxygen atoms in total. The molecule has 222 valence electrons. The van der Waals surface area contributed by atoms with E-state index in [-0.39, 0.29) is 12.1 Å². The fraction of sp³-hybridized carbons (Fsp3) is 0.486. The van der Waals surface area contributed by atoms with Gasteiger partial charge in [-0.2, -0.15) is 0 Å². The zero-order valence-electron chi connectivity index (χ0n) is 25.2. The van der Waals surface area contributed by atoms with Crippen LogP contribution in [-0.2, 0) is 5.60 Å². The molecule has 3 aliphatic rings. The second kappa shape index (κ2) is 12.6. The lowest BCUT2D eigenvalue weighted by atomic mass is 9.77. The summed E-state index contributed by atoms with van der Waals surface area (Å²) in [6.07, 6.45) is 8.86. The predicted octanol–water partition coefficient (Wildman–Crippen LogP) is 7.48. The lowest BCUT2D eigenvalue weighted by Gasteiger charge is -2.39. The molecular weight excluding hydrogens is 518 g/mol. The van der Waals surface area contributed by atoms with E-state index in [9.17, 15) is 9.90 Å². The van der Waals surface area contributed by atoms with Gasteiger partial charge in [-0.25, -0.2) is 4.79 Å². The molecule has 3 aromatic rings. The van der Waals surface area contributed by atoms with Gasteiger partial charge in [-0.15, -0.1) is 0 Å². The normalized spacial score (nSPS) is 24.4. The summed E-state index contributed by atoms with van der Waals surface area (Å²) in [6.45, 7) is 5.45. The molecule has 1 saturated heterocycles. The van der Waals surface area contributed by atoms with Gasteiger partial charge in [0.2, 0.25) is 0 Å². The Morgan fingerprint density at radius 3 is 1.86 bits per heavy atom. The van der Waals surface area contributed by atoms with Gasteiger partial charge >= 0.3 is 6.03 Å². The Hall–Kier alpha value is -3.15. The van der Waals surface area contributed by atoms with Crippen molar-refractivity contribution in [1.29, 1.82) is 0 Å². The Morgan fingerprint density at radius 1 is 0.810 bits per heavy atom. The fourth-order valence-corrected chi connectivity index (χ4v) is 8.03. The minimum Gasteiger partial charge on any atom is -0.378 e. The minimum atomic E-state index is -1.34. The predicted molar refractivity (Wildman–Crippen MR) is 169 cm³/mol. The molecule has 3 aromatic carbocycles. The summed E-state index contributed by atoms with van der Waals surface area (Å²) < 4.78 is 0. The van der Waals surface area contributed by atoms with E-state index in [0.29, 0.717) is 24.4 Å². The van der Waals surface area contributed by atoms with Crippen LogP contribution in [0.1, 0.15) is 99.6 Å². The third kappa shape index (κ3) is 5.87. The van der Waals surface area contributed by atoms with Crippen LogP contribution in [0.5, 0.6) is 0 Å². The maximum atomic E-state index is 13.4. The zero-order chi connectivity index (χ0) is 29.1. The zero-order valence-corrected chi connectivity index (χ0v) is 25.2. The van der Waals surface area contributed by atoms with Gasteiger partial charge in [0.15, 0.2) is 0 Å². The van der Waals surface area contributed by atoms with Crippen molar-refractivity contribution < 1.29 is 9.90 Å². The molecule has 0 unspecified atom stereocenters. The number of benzene rings is 3. The number of hydrogen-bond acceptors (Lipinski definition) is 3. The van der Waals surface area contributed by atoms with Gasteiger partial charge in [-0.3, -0.25) is 4.90 Å². The van der Waals surface area contributed by atoms with Gasteiger partial charge in [0.05, 0.1) is 6.04 Å². The van der Waals surface area contributed by atoms with Crippen molar-refractivity contribution in [3.63, 3.8) is 0 Å². The number of hydrogen-bond donors (Lipinski definition) is 3. The van der Waals surface area contributed by atoms with Crippen LogP contribution in [0.3, 0.4) is 0 Å². The Bertz CT molecular complexity index is 1250. The number of urea groups is 1. The van der Waals surface area contributed by atoms with Gasteiger partial charge < -0.3 is 15.7 Å². The molecule has 2 fully saturated rings. The largest absolute Gasteiger partial charge is 0.378 e. The van der Waals surface area contributed by atoms with Gasteiger partial charge in [-0.05, 0) is 92.0 Å². The highest BCUT2D eigenvalue weighted by Gasteiger charge is 2.44. The first-order valence-corrected chi connectivity index (χ1v) is 16.2. The number of carbonyl (C=O) groups is 1. The average Bonchev–Trinajstić information content (AvgIpc) is 3.57. The van der Waals surface area contributed by atoms with Crippen LogP contribution in [0.25, 0.3) is 0 Å².